The fourth-order valence-corrected chi connectivity index (χ4v) is 1.80. The number of nitrogens with zero attached hydrogens (tertiary/aromatic N) is 1. The molecular formula is C9H11F2N3O2S. The van der Waals surface area contributed by atoms with Crippen molar-refractivity contribution in [1.82, 2.24) is 4.98 Å². The number of methoxy groups -OCH3 is 1. The Balaban J connectivity index is 2.67. The van der Waals surface area contributed by atoms with Gasteiger partial charge in [0.2, 0.25) is 0 Å². The summed E-state index contributed by atoms with van der Waals surface area (Å²) in [6, 6.07) is 0.683. The number of ether oxygens (including phenoxy) is 1. The van der Waals surface area contributed by atoms with Crippen LogP contribution in [-0.2, 0) is 9.53 Å². The molecule has 94 valence electrons. The van der Waals surface area contributed by atoms with Gasteiger partial charge in [-0.3, -0.25) is 4.79 Å². The molecular weight excluding hydrogens is 252 g/mol. The van der Waals surface area contributed by atoms with Crippen molar-refractivity contribution >= 4 is 23.5 Å². The number of esters is 1. The zero-order valence-corrected chi connectivity index (χ0v) is 9.81. The Bertz CT molecular complexity index is 417. The predicted molar refractivity (Wildman–Crippen MR) is 59.3 cm³/mol. The zero-order valence-electron chi connectivity index (χ0n) is 9.00. The van der Waals surface area contributed by atoms with E-state index in [0.29, 0.717) is 6.07 Å². The first-order chi connectivity index (χ1) is 8.08. The first kappa shape index (κ1) is 13.7. The summed E-state index contributed by atoms with van der Waals surface area (Å²) < 4.78 is 30.7. The molecule has 0 saturated heterocycles. The average Bonchev–Trinajstić information content (AvgIpc) is 2.31. The van der Waals surface area contributed by atoms with Gasteiger partial charge in [-0.15, -0.1) is 11.8 Å². The number of carbonyl (C=O) groups excluding carboxylic acids is 1. The summed E-state index contributed by atoms with van der Waals surface area (Å²) in [7, 11) is 1.26. The number of pyridine rings is 1. The van der Waals surface area contributed by atoms with Crippen LogP contribution in [0.4, 0.5) is 14.6 Å². The summed E-state index contributed by atoms with van der Waals surface area (Å²) in [4.78, 5) is 14.5. The number of nitrogens with one attached hydrogen (secondary N) is 1. The van der Waals surface area contributed by atoms with Gasteiger partial charge in [-0.1, -0.05) is 0 Å². The Morgan fingerprint density at radius 3 is 2.88 bits per heavy atom. The number of nitrogen functional groups attached to an aromatic ring is 1. The van der Waals surface area contributed by atoms with Crippen molar-refractivity contribution in [2.45, 2.75) is 11.4 Å². The molecule has 0 bridgehead atoms. The lowest BCUT2D eigenvalue weighted by Crippen LogP contribution is -2.11. The number of aromatic nitrogens is 1. The van der Waals surface area contributed by atoms with E-state index in [4.69, 9.17) is 5.84 Å². The highest BCUT2D eigenvalue weighted by Crippen LogP contribution is 2.23. The van der Waals surface area contributed by atoms with Gasteiger partial charge in [0.1, 0.15) is 5.03 Å². The van der Waals surface area contributed by atoms with Gasteiger partial charge in [0, 0.05) is 11.8 Å². The van der Waals surface area contributed by atoms with Crippen molar-refractivity contribution in [2.24, 2.45) is 5.84 Å². The van der Waals surface area contributed by atoms with Gasteiger partial charge in [-0.2, -0.15) is 0 Å². The molecule has 0 unspecified atom stereocenters. The number of hydrogen-bond acceptors (Lipinski definition) is 6. The van der Waals surface area contributed by atoms with E-state index in [-0.39, 0.29) is 23.0 Å². The van der Waals surface area contributed by atoms with Crippen molar-refractivity contribution in [3.05, 3.63) is 17.7 Å². The van der Waals surface area contributed by atoms with Gasteiger partial charge in [-0.25, -0.2) is 19.6 Å². The largest absolute Gasteiger partial charge is 0.469 e. The van der Waals surface area contributed by atoms with Crippen molar-refractivity contribution in [2.75, 3.05) is 18.3 Å². The molecule has 0 aromatic carbocycles. The summed E-state index contributed by atoms with van der Waals surface area (Å²) in [5.74, 6) is 2.98. The molecule has 1 rings (SSSR count). The van der Waals surface area contributed by atoms with Gasteiger partial charge in [0.05, 0.1) is 13.5 Å². The van der Waals surface area contributed by atoms with E-state index in [1.54, 1.807) is 0 Å². The molecule has 0 aliphatic heterocycles. The molecule has 1 heterocycles. The molecule has 0 saturated carbocycles. The summed E-state index contributed by atoms with van der Waals surface area (Å²) in [6.45, 7) is 0. The molecule has 0 radical (unpaired) electrons. The van der Waals surface area contributed by atoms with E-state index >= 15 is 0 Å². The molecule has 3 N–H and O–H groups in total. The van der Waals surface area contributed by atoms with Crippen LogP contribution in [0.2, 0.25) is 0 Å². The summed E-state index contributed by atoms with van der Waals surface area (Å²) in [5, 5.41) is -0.0248. The lowest BCUT2D eigenvalue weighted by molar-refractivity contribution is -0.140. The second-order valence-corrected chi connectivity index (χ2v) is 4.01. The fraction of sp³-hybridized carbons (Fsp3) is 0.333. The van der Waals surface area contributed by atoms with Crippen LogP contribution in [0.1, 0.15) is 6.42 Å². The number of hydrazine groups is 1. The number of halogens is 2. The maximum Gasteiger partial charge on any atom is 0.306 e. The fourth-order valence-electron chi connectivity index (χ4n) is 0.985. The third-order valence-corrected chi connectivity index (χ3v) is 2.77. The maximum atomic E-state index is 13.3. The molecule has 5 nitrogen and oxygen atoms in total. The van der Waals surface area contributed by atoms with Crippen LogP contribution < -0.4 is 11.3 Å². The summed E-state index contributed by atoms with van der Waals surface area (Å²) in [5.41, 5.74) is 2.02. The standard InChI is InChI=1S/C9H11F2N3O2S/c1-16-7(15)2-3-17-9-6(11)4-5(10)8(13-9)14-12/h4H,2-3,12H2,1H3,(H,13,14). The van der Waals surface area contributed by atoms with E-state index < -0.39 is 17.6 Å². The van der Waals surface area contributed by atoms with Crippen LogP contribution in [0, 0.1) is 11.6 Å². The minimum atomic E-state index is -0.873. The number of carbonyl (C=O) groups is 1. The summed E-state index contributed by atoms with van der Waals surface area (Å²) in [6.07, 6.45) is 0.116. The number of nitrogens with two attached hydrogens (primary N) is 1. The first-order valence-corrected chi connectivity index (χ1v) is 5.59. The van der Waals surface area contributed by atoms with E-state index in [9.17, 15) is 13.6 Å². The second kappa shape index (κ2) is 6.36. The minimum absolute atomic E-state index is 0.0248. The molecule has 0 aliphatic carbocycles. The highest BCUT2D eigenvalue weighted by Gasteiger charge is 2.12. The third kappa shape index (κ3) is 3.82. The molecule has 0 amide bonds. The Morgan fingerprint density at radius 2 is 2.29 bits per heavy atom. The van der Waals surface area contributed by atoms with Crippen LogP contribution in [0.25, 0.3) is 0 Å². The van der Waals surface area contributed by atoms with Gasteiger partial charge in [0.25, 0.3) is 0 Å². The van der Waals surface area contributed by atoms with Crippen molar-refractivity contribution in [3.63, 3.8) is 0 Å². The SMILES string of the molecule is COC(=O)CCSc1nc(NN)c(F)cc1F. The molecule has 8 heteroatoms. The Kier molecular flexibility index (Phi) is 5.11. The molecule has 1 aromatic rings. The third-order valence-electron chi connectivity index (χ3n) is 1.81. The molecule has 0 fully saturated rings. The van der Waals surface area contributed by atoms with Gasteiger partial charge in [-0.05, 0) is 0 Å². The molecule has 0 atom stereocenters. The van der Waals surface area contributed by atoms with Crippen molar-refractivity contribution in [3.8, 4) is 0 Å². The lowest BCUT2D eigenvalue weighted by atomic mass is 10.4. The van der Waals surface area contributed by atoms with Crippen LogP contribution in [0.3, 0.4) is 0 Å². The topological polar surface area (TPSA) is 77.2 Å². The number of hydrogen-bond donors (Lipinski definition) is 2. The quantitative estimate of drug-likeness (QED) is 0.361. The Hall–Kier alpha value is -1.41. The number of thioether (sulfide) groups is 1. The van der Waals surface area contributed by atoms with E-state index in [0.717, 1.165) is 11.8 Å². The van der Waals surface area contributed by atoms with Crippen molar-refractivity contribution in [1.29, 1.82) is 0 Å². The lowest BCUT2D eigenvalue weighted by Gasteiger charge is -2.06. The minimum Gasteiger partial charge on any atom is -0.469 e. The highest BCUT2D eigenvalue weighted by atomic mass is 32.2. The maximum absolute atomic E-state index is 13.3. The Labute approximate surface area is 101 Å². The number of anilines is 1. The monoisotopic (exact) mass is 263 g/mol. The molecule has 0 spiro atoms. The van der Waals surface area contributed by atoms with Crippen LogP contribution in [0.5, 0.6) is 0 Å². The van der Waals surface area contributed by atoms with Gasteiger partial charge >= 0.3 is 5.97 Å². The van der Waals surface area contributed by atoms with E-state index in [2.05, 4.69) is 9.72 Å². The molecule has 1 aromatic heterocycles. The van der Waals surface area contributed by atoms with Crippen LogP contribution >= 0.6 is 11.8 Å². The van der Waals surface area contributed by atoms with Crippen molar-refractivity contribution < 1.29 is 18.3 Å². The zero-order chi connectivity index (χ0) is 12.8. The second-order valence-electron chi connectivity index (χ2n) is 2.92. The first-order valence-electron chi connectivity index (χ1n) is 4.60. The van der Waals surface area contributed by atoms with Gasteiger partial charge in [0.15, 0.2) is 17.5 Å². The van der Waals surface area contributed by atoms with E-state index in [1.165, 1.54) is 7.11 Å². The normalized spacial score (nSPS) is 10.1. The predicted octanol–water partition coefficient (Wildman–Crippen LogP) is 1.30. The van der Waals surface area contributed by atoms with Crippen LogP contribution in [-0.4, -0.2) is 23.8 Å². The van der Waals surface area contributed by atoms with E-state index in [1.807, 2.05) is 5.43 Å². The smallest absolute Gasteiger partial charge is 0.306 e. The highest BCUT2D eigenvalue weighted by molar-refractivity contribution is 7.99. The molecule has 17 heavy (non-hydrogen) atoms. The molecule has 0 aliphatic rings. The van der Waals surface area contributed by atoms with Gasteiger partial charge < -0.3 is 10.2 Å². The summed E-state index contributed by atoms with van der Waals surface area (Å²) >= 11 is 0.980. The Morgan fingerprint density at radius 1 is 1.59 bits per heavy atom. The van der Waals surface area contributed by atoms with Crippen LogP contribution in [0.15, 0.2) is 11.1 Å². The number of rotatable bonds is 5. The average molecular weight is 263 g/mol.